The molecule has 2 aromatic heterocycles. The highest BCUT2D eigenvalue weighted by Crippen LogP contribution is 2.23. The summed E-state index contributed by atoms with van der Waals surface area (Å²) < 4.78 is 2.31. The van der Waals surface area contributed by atoms with Gasteiger partial charge in [0.25, 0.3) is 0 Å². The van der Waals surface area contributed by atoms with Crippen LogP contribution in [0.5, 0.6) is 0 Å². The minimum absolute atomic E-state index is 0.834. The van der Waals surface area contributed by atoms with Crippen LogP contribution in [0.25, 0.3) is 11.3 Å². The molecule has 0 amide bonds. The first-order valence-corrected chi connectivity index (χ1v) is 10.9. The summed E-state index contributed by atoms with van der Waals surface area (Å²) in [6.45, 7) is 3.81. The maximum Gasteiger partial charge on any atom is 0.137 e. The number of benzene rings is 2. The highest BCUT2D eigenvalue weighted by Gasteiger charge is 2.19. The highest BCUT2D eigenvalue weighted by molar-refractivity contribution is 7.09. The molecule has 0 bridgehead atoms. The van der Waals surface area contributed by atoms with Crippen LogP contribution in [-0.4, -0.2) is 37.7 Å². The Hall–Kier alpha value is -2.83. The molecule has 2 aromatic carbocycles. The fourth-order valence-electron chi connectivity index (χ4n) is 3.81. The predicted molar refractivity (Wildman–Crippen MR) is 116 cm³/mol. The largest absolute Gasteiger partial charge is 0.313 e. The summed E-state index contributed by atoms with van der Waals surface area (Å²) in [5, 5.41) is 12.3. The third-order valence-electron chi connectivity index (χ3n) is 5.38. The van der Waals surface area contributed by atoms with Crippen LogP contribution in [0.3, 0.4) is 0 Å². The first-order valence-electron chi connectivity index (χ1n) is 10.0. The number of hydrogen-bond acceptors (Lipinski definition) is 5. The van der Waals surface area contributed by atoms with E-state index in [9.17, 15) is 0 Å². The van der Waals surface area contributed by atoms with Crippen LogP contribution in [0, 0.1) is 0 Å². The maximum atomic E-state index is 4.86. The zero-order valence-corrected chi connectivity index (χ0v) is 17.1. The van der Waals surface area contributed by atoms with Crippen LogP contribution in [0.1, 0.15) is 22.2 Å². The molecular weight excluding hydrogens is 378 g/mol. The van der Waals surface area contributed by atoms with Gasteiger partial charge in [-0.15, -0.1) is 21.5 Å². The zero-order valence-electron chi connectivity index (χ0n) is 16.2. The van der Waals surface area contributed by atoms with E-state index in [0.717, 1.165) is 56.4 Å². The van der Waals surface area contributed by atoms with Crippen LogP contribution >= 0.6 is 11.3 Å². The molecule has 0 spiro atoms. The molecular formula is C23H23N5S. The Bertz CT molecular complexity index is 1070. The van der Waals surface area contributed by atoms with Gasteiger partial charge in [0.05, 0.1) is 12.2 Å². The summed E-state index contributed by atoms with van der Waals surface area (Å²) in [5.74, 6) is 2.16. The Balaban J connectivity index is 1.25. The van der Waals surface area contributed by atoms with Gasteiger partial charge in [-0.3, -0.25) is 4.90 Å². The van der Waals surface area contributed by atoms with E-state index < -0.39 is 0 Å². The summed E-state index contributed by atoms with van der Waals surface area (Å²) in [6, 6.07) is 20.9. The lowest BCUT2D eigenvalue weighted by molar-refractivity contribution is 0.270. The van der Waals surface area contributed by atoms with Gasteiger partial charge < -0.3 is 4.57 Å². The van der Waals surface area contributed by atoms with Crippen molar-refractivity contribution in [2.45, 2.75) is 25.9 Å². The van der Waals surface area contributed by atoms with Gasteiger partial charge in [0.2, 0.25) is 0 Å². The van der Waals surface area contributed by atoms with E-state index in [0.29, 0.717) is 0 Å². The van der Waals surface area contributed by atoms with E-state index >= 15 is 0 Å². The van der Waals surface area contributed by atoms with Crippen molar-refractivity contribution < 1.29 is 0 Å². The van der Waals surface area contributed by atoms with Gasteiger partial charge in [-0.25, -0.2) is 4.98 Å². The topological polar surface area (TPSA) is 46.8 Å². The molecule has 146 valence electrons. The van der Waals surface area contributed by atoms with E-state index in [1.54, 1.807) is 11.3 Å². The summed E-state index contributed by atoms with van der Waals surface area (Å²) in [4.78, 5) is 7.34. The predicted octanol–water partition coefficient (Wildman–Crippen LogP) is 4.05. The molecule has 0 fully saturated rings. The van der Waals surface area contributed by atoms with Crippen molar-refractivity contribution in [3.63, 3.8) is 0 Å². The van der Waals surface area contributed by atoms with E-state index in [4.69, 9.17) is 4.98 Å². The molecule has 0 saturated carbocycles. The highest BCUT2D eigenvalue weighted by atomic mass is 32.1. The van der Waals surface area contributed by atoms with Crippen molar-refractivity contribution in [3.05, 3.63) is 88.3 Å². The SMILES string of the molecule is c1ccc(Cc2nnc3n2CCN(Cc2nc(-c4ccccc4)cs2)CC3)cc1. The van der Waals surface area contributed by atoms with E-state index in [2.05, 4.69) is 73.6 Å². The number of fused-ring (bicyclic) bond motifs is 1. The molecule has 1 aliphatic rings. The second-order valence-corrected chi connectivity index (χ2v) is 8.31. The molecule has 1 aliphatic heterocycles. The average molecular weight is 402 g/mol. The molecule has 6 heteroatoms. The van der Waals surface area contributed by atoms with Crippen LogP contribution in [0.4, 0.5) is 0 Å². The lowest BCUT2D eigenvalue weighted by atomic mass is 10.1. The third-order valence-corrected chi connectivity index (χ3v) is 6.21. The summed E-state index contributed by atoms with van der Waals surface area (Å²) in [6.07, 6.45) is 1.76. The smallest absolute Gasteiger partial charge is 0.137 e. The molecule has 0 atom stereocenters. The number of rotatable bonds is 5. The van der Waals surface area contributed by atoms with Crippen LogP contribution in [0.2, 0.25) is 0 Å². The third kappa shape index (κ3) is 4.13. The first kappa shape index (κ1) is 18.2. The molecule has 5 nitrogen and oxygen atoms in total. The lowest BCUT2D eigenvalue weighted by Crippen LogP contribution is -2.26. The monoisotopic (exact) mass is 401 g/mol. The van der Waals surface area contributed by atoms with Crippen LogP contribution < -0.4 is 0 Å². The van der Waals surface area contributed by atoms with E-state index in [-0.39, 0.29) is 0 Å². The summed E-state index contributed by atoms with van der Waals surface area (Å²) in [5.41, 5.74) is 3.53. The number of hydrogen-bond donors (Lipinski definition) is 0. The summed E-state index contributed by atoms with van der Waals surface area (Å²) >= 11 is 1.75. The Labute approximate surface area is 174 Å². The zero-order chi connectivity index (χ0) is 19.5. The normalized spacial score (nSPS) is 14.5. The fourth-order valence-corrected chi connectivity index (χ4v) is 4.66. The van der Waals surface area contributed by atoms with Crippen molar-refractivity contribution in [1.29, 1.82) is 0 Å². The van der Waals surface area contributed by atoms with Gasteiger partial charge in [-0.1, -0.05) is 60.7 Å². The Morgan fingerprint density at radius 1 is 0.862 bits per heavy atom. The van der Waals surface area contributed by atoms with Crippen molar-refractivity contribution in [2.75, 3.05) is 13.1 Å². The molecule has 5 rings (SSSR count). The second kappa shape index (κ2) is 8.27. The van der Waals surface area contributed by atoms with Crippen molar-refractivity contribution in [1.82, 2.24) is 24.6 Å². The first-order chi connectivity index (χ1) is 14.3. The van der Waals surface area contributed by atoms with E-state index in [1.165, 1.54) is 16.1 Å². The maximum absolute atomic E-state index is 4.86. The van der Waals surface area contributed by atoms with Crippen molar-refractivity contribution >= 4 is 11.3 Å². The quantitative estimate of drug-likeness (QED) is 0.506. The van der Waals surface area contributed by atoms with Gasteiger partial charge in [-0.2, -0.15) is 0 Å². The molecule has 0 saturated heterocycles. The lowest BCUT2D eigenvalue weighted by Gasteiger charge is -2.18. The van der Waals surface area contributed by atoms with Gasteiger partial charge in [0.1, 0.15) is 16.7 Å². The standard InChI is InChI=1S/C23H23N5S/c1-3-7-18(8-4-1)15-22-26-25-21-11-12-27(13-14-28(21)22)16-23-24-20(17-29-23)19-9-5-2-6-10-19/h1-10,17H,11-16H2. The molecule has 0 unspecified atom stereocenters. The molecule has 0 radical (unpaired) electrons. The van der Waals surface area contributed by atoms with Crippen LogP contribution in [-0.2, 0) is 25.9 Å². The van der Waals surface area contributed by atoms with Gasteiger partial charge in [-0.05, 0) is 5.56 Å². The Kier molecular flexibility index (Phi) is 5.19. The Morgan fingerprint density at radius 2 is 1.66 bits per heavy atom. The van der Waals surface area contributed by atoms with Gasteiger partial charge >= 0.3 is 0 Å². The minimum Gasteiger partial charge on any atom is -0.313 e. The molecule has 4 aromatic rings. The Morgan fingerprint density at radius 3 is 2.48 bits per heavy atom. The molecule has 0 aliphatic carbocycles. The minimum atomic E-state index is 0.834. The van der Waals surface area contributed by atoms with Crippen molar-refractivity contribution in [3.8, 4) is 11.3 Å². The number of thiazole rings is 1. The number of aromatic nitrogens is 4. The molecule has 3 heterocycles. The van der Waals surface area contributed by atoms with Gasteiger partial charge in [0.15, 0.2) is 0 Å². The fraction of sp³-hybridized carbons (Fsp3) is 0.261. The molecule has 0 N–H and O–H groups in total. The van der Waals surface area contributed by atoms with Crippen molar-refractivity contribution in [2.24, 2.45) is 0 Å². The van der Waals surface area contributed by atoms with Crippen LogP contribution in [0.15, 0.2) is 66.0 Å². The van der Waals surface area contributed by atoms with E-state index in [1.807, 2.05) is 12.1 Å². The van der Waals surface area contributed by atoms with Gasteiger partial charge in [0, 0.05) is 43.4 Å². The summed E-state index contributed by atoms with van der Waals surface area (Å²) in [7, 11) is 0. The average Bonchev–Trinajstić information content (AvgIpc) is 3.33. The molecule has 29 heavy (non-hydrogen) atoms. The number of nitrogens with zero attached hydrogens (tertiary/aromatic N) is 5. The second-order valence-electron chi connectivity index (χ2n) is 7.37.